The Hall–Kier alpha value is -2.11. The minimum atomic E-state index is -0.881. The molecule has 0 saturated heterocycles. The summed E-state index contributed by atoms with van der Waals surface area (Å²) in [6, 6.07) is 4.42. The number of aliphatic carboxylic acids is 1. The van der Waals surface area contributed by atoms with E-state index >= 15 is 0 Å². The van der Waals surface area contributed by atoms with Crippen molar-refractivity contribution >= 4 is 17.3 Å². The van der Waals surface area contributed by atoms with Crippen LogP contribution in [0.15, 0.2) is 18.2 Å². The Balaban J connectivity index is 3.13. The first-order valence-corrected chi connectivity index (χ1v) is 6.10. The second-order valence-corrected chi connectivity index (χ2v) is 4.46. The Kier molecular flexibility index (Phi) is 4.86. The van der Waals surface area contributed by atoms with Crippen molar-refractivity contribution in [2.75, 3.05) is 11.4 Å². The summed E-state index contributed by atoms with van der Waals surface area (Å²) >= 11 is 0. The van der Waals surface area contributed by atoms with Gasteiger partial charge in [-0.2, -0.15) is 0 Å². The number of benzene rings is 1. The second kappa shape index (κ2) is 6.17. The van der Waals surface area contributed by atoms with Crippen molar-refractivity contribution in [1.29, 1.82) is 0 Å². The number of non-ortho nitro benzene ring substituents is 1. The van der Waals surface area contributed by atoms with Crippen LogP contribution in [0.5, 0.6) is 0 Å². The fourth-order valence-electron chi connectivity index (χ4n) is 2.10. The summed E-state index contributed by atoms with van der Waals surface area (Å²) in [7, 11) is 0. The van der Waals surface area contributed by atoms with Gasteiger partial charge in [0.2, 0.25) is 0 Å². The highest BCUT2D eigenvalue weighted by Gasteiger charge is 2.19. The van der Waals surface area contributed by atoms with Crippen molar-refractivity contribution < 1.29 is 14.8 Å². The lowest BCUT2D eigenvalue weighted by Crippen LogP contribution is -2.35. The zero-order chi connectivity index (χ0) is 14.6. The smallest absolute Gasteiger partial charge is 0.305 e. The van der Waals surface area contributed by atoms with E-state index in [-0.39, 0.29) is 18.2 Å². The molecule has 1 aromatic carbocycles. The number of nitro groups is 1. The van der Waals surface area contributed by atoms with E-state index < -0.39 is 10.9 Å². The molecule has 6 nitrogen and oxygen atoms in total. The normalized spacial score (nSPS) is 11.9. The minimum absolute atomic E-state index is 0.00400. The molecule has 6 heteroatoms. The third kappa shape index (κ3) is 3.67. The predicted molar refractivity (Wildman–Crippen MR) is 72.6 cm³/mol. The van der Waals surface area contributed by atoms with Crippen LogP contribution in [0, 0.1) is 17.0 Å². The molecule has 19 heavy (non-hydrogen) atoms. The van der Waals surface area contributed by atoms with Gasteiger partial charge >= 0.3 is 5.97 Å². The van der Waals surface area contributed by atoms with Gasteiger partial charge in [0, 0.05) is 30.4 Å². The Morgan fingerprint density at radius 2 is 2.16 bits per heavy atom. The van der Waals surface area contributed by atoms with Crippen LogP contribution in [0.3, 0.4) is 0 Å². The van der Waals surface area contributed by atoms with Crippen molar-refractivity contribution in [1.82, 2.24) is 0 Å². The van der Waals surface area contributed by atoms with Crippen molar-refractivity contribution in [3.05, 3.63) is 33.9 Å². The molecule has 0 radical (unpaired) electrons. The van der Waals surface area contributed by atoms with Gasteiger partial charge in [-0.1, -0.05) is 6.07 Å². The molecule has 1 aromatic rings. The third-order valence-corrected chi connectivity index (χ3v) is 3.06. The zero-order valence-corrected chi connectivity index (χ0v) is 11.3. The van der Waals surface area contributed by atoms with Crippen molar-refractivity contribution in [3.63, 3.8) is 0 Å². The first-order chi connectivity index (χ1) is 8.86. The Morgan fingerprint density at radius 1 is 1.53 bits per heavy atom. The Labute approximate surface area is 111 Å². The molecule has 0 fully saturated rings. The molecule has 0 aliphatic carbocycles. The number of carboxylic acid groups (broad SMARTS) is 1. The molecule has 104 valence electrons. The van der Waals surface area contributed by atoms with Crippen LogP contribution in [0.1, 0.15) is 25.8 Å². The third-order valence-electron chi connectivity index (χ3n) is 3.06. The number of hydrogen-bond donors (Lipinski definition) is 1. The van der Waals surface area contributed by atoms with Gasteiger partial charge in [0.25, 0.3) is 5.69 Å². The van der Waals surface area contributed by atoms with Crippen LogP contribution in [0.4, 0.5) is 11.4 Å². The molecule has 0 spiro atoms. The van der Waals surface area contributed by atoms with Crippen LogP contribution in [-0.2, 0) is 4.79 Å². The first kappa shape index (κ1) is 14.9. The quantitative estimate of drug-likeness (QED) is 0.632. The van der Waals surface area contributed by atoms with Crippen LogP contribution >= 0.6 is 0 Å². The van der Waals surface area contributed by atoms with Crippen LogP contribution in [0.2, 0.25) is 0 Å². The van der Waals surface area contributed by atoms with Gasteiger partial charge < -0.3 is 10.0 Å². The van der Waals surface area contributed by atoms with Gasteiger partial charge in [0.05, 0.1) is 11.3 Å². The van der Waals surface area contributed by atoms with E-state index in [0.717, 1.165) is 5.56 Å². The molecular formula is C13H18N2O4. The Morgan fingerprint density at radius 3 is 2.63 bits per heavy atom. The number of rotatable bonds is 6. The van der Waals surface area contributed by atoms with E-state index in [1.165, 1.54) is 12.1 Å². The predicted octanol–water partition coefficient (Wildman–Crippen LogP) is 2.59. The van der Waals surface area contributed by atoms with E-state index in [4.69, 9.17) is 5.11 Å². The molecule has 0 bridgehead atoms. The lowest BCUT2D eigenvalue weighted by atomic mass is 10.1. The maximum absolute atomic E-state index is 10.8. The topological polar surface area (TPSA) is 83.7 Å². The number of hydrogen-bond acceptors (Lipinski definition) is 4. The molecule has 1 rings (SSSR count). The number of anilines is 1. The summed E-state index contributed by atoms with van der Waals surface area (Å²) in [5.74, 6) is -0.881. The Bertz CT molecular complexity index is 488. The fraction of sp³-hybridized carbons (Fsp3) is 0.462. The number of nitro benzene ring substituents is 1. The van der Waals surface area contributed by atoms with Gasteiger partial charge in [-0.15, -0.1) is 0 Å². The fourth-order valence-corrected chi connectivity index (χ4v) is 2.10. The average molecular weight is 266 g/mol. The second-order valence-electron chi connectivity index (χ2n) is 4.46. The van der Waals surface area contributed by atoms with E-state index in [1.54, 1.807) is 13.0 Å². The van der Waals surface area contributed by atoms with Crippen molar-refractivity contribution in [2.45, 2.75) is 33.2 Å². The van der Waals surface area contributed by atoms with Gasteiger partial charge in [-0.05, 0) is 26.3 Å². The van der Waals surface area contributed by atoms with Crippen molar-refractivity contribution in [3.8, 4) is 0 Å². The molecule has 0 aliphatic rings. The maximum Gasteiger partial charge on any atom is 0.305 e. The lowest BCUT2D eigenvalue weighted by Gasteiger charge is -2.30. The van der Waals surface area contributed by atoms with Gasteiger partial charge in [0.15, 0.2) is 0 Å². The summed E-state index contributed by atoms with van der Waals surface area (Å²) in [4.78, 5) is 23.0. The molecule has 0 aromatic heterocycles. The highest BCUT2D eigenvalue weighted by molar-refractivity contribution is 5.69. The van der Waals surface area contributed by atoms with E-state index in [1.807, 2.05) is 18.7 Å². The maximum atomic E-state index is 10.8. The average Bonchev–Trinajstić information content (AvgIpc) is 2.31. The summed E-state index contributed by atoms with van der Waals surface area (Å²) in [6.07, 6.45) is -0.00400. The summed E-state index contributed by atoms with van der Waals surface area (Å²) in [6.45, 7) is 6.15. The van der Waals surface area contributed by atoms with E-state index in [9.17, 15) is 14.9 Å². The number of aryl methyl sites for hydroxylation is 1. The lowest BCUT2D eigenvalue weighted by molar-refractivity contribution is -0.384. The number of carbonyl (C=O) groups is 1. The molecule has 1 atom stereocenters. The molecule has 0 saturated carbocycles. The molecular weight excluding hydrogens is 248 g/mol. The van der Waals surface area contributed by atoms with Crippen LogP contribution in [-0.4, -0.2) is 28.6 Å². The van der Waals surface area contributed by atoms with Gasteiger partial charge in [0.1, 0.15) is 0 Å². The first-order valence-electron chi connectivity index (χ1n) is 6.10. The van der Waals surface area contributed by atoms with Gasteiger partial charge in [-0.25, -0.2) is 0 Å². The molecule has 0 amide bonds. The summed E-state index contributed by atoms with van der Waals surface area (Å²) in [5.41, 5.74) is 1.62. The standard InChI is InChI=1S/C13H18N2O4/c1-4-14(10(3)7-13(16)17)12-8-11(15(18)19)6-5-9(12)2/h5-6,8,10H,4,7H2,1-3H3,(H,16,17). The van der Waals surface area contributed by atoms with Crippen LogP contribution in [0.25, 0.3) is 0 Å². The number of nitrogens with zero attached hydrogens (tertiary/aromatic N) is 2. The van der Waals surface area contributed by atoms with Crippen LogP contribution < -0.4 is 4.90 Å². The van der Waals surface area contributed by atoms with Crippen molar-refractivity contribution in [2.24, 2.45) is 0 Å². The number of carboxylic acids is 1. The highest BCUT2D eigenvalue weighted by Crippen LogP contribution is 2.27. The highest BCUT2D eigenvalue weighted by atomic mass is 16.6. The van der Waals surface area contributed by atoms with E-state index in [2.05, 4.69) is 0 Å². The molecule has 0 heterocycles. The molecule has 1 N–H and O–H groups in total. The van der Waals surface area contributed by atoms with Gasteiger partial charge in [-0.3, -0.25) is 14.9 Å². The minimum Gasteiger partial charge on any atom is -0.481 e. The van der Waals surface area contributed by atoms with E-state index in [0.29, 0.717) is 12.2 Å². The monoisotopic (exact) mass is 266 g/mol. The molecule has 1 unspecified atom stereocenters. The SMILES string of the molecule is CCN(c1cc([N+](=O)[O-])ccc1C)C(C)CC(=O)O. The zero-order valence-electron chi connectivity index (χ0n) is 11.3. The largest absolute Gasteiger partial charge is 0.481 e. The molecule has 0 aliphatic heterocycles. The summed E-state index contributed by atoms with van der Waals surface area (Å²) < 4.78 is 0. The summed E-state index contributed by atoms with van der Waals surface area (Å²) in [5, 5.41) is 19.7.